The number of benzene rings is 1. The van der Waals surface area contributed by atoms with Crippen molar-refractivity contribution >= 4 is 11.6 Å². The molecule has 0 saturated carbocycles. The first-order chi connectivity index (χ1) is 9.08. The molecule has 1 aromatic carbocycles. The average Bonchev–Trinajstić information content (AvgIpc) is 2.87. The highest BCUT2D eigenvalue weighted by atomic mass is 16.5. The van der Waals surface area contributed by atoms with Crippen molar-refractivity contribution in [1.29, 1.82) is 0 Å². The molecule has 4 heteroatoms. The molecule has 1 aliphatic heterocycles. The summed E-state index contributed by atoms with van der Waals surface area (Å²) < 4.78 is 5.21. The Morgan fingerprint density at radius 3 is 2.89 bits per heavy atom. The molecule has 1 heterocycles. The number of anilines is 1. The van der Waals surface area contributed by atoms with E-state index < -0.39 is 6.04 Å². The van der Waals surface area contributed by atoms with Gasteiger partial charge in [0.2, 0.25) is 5.91 Å². The van der Waals surface area contributed by atoms with Crippen molar-refractivity contribution in [2.24, 2.45) is 11.7 Å². The third-order valence-electron chi connectivity index (χ3n) is 3.99. The topological polar surface area (TPSA) is 55.6 Å². The fourth-order valence-corrected chi connectivity index (χ4v) is 2.41. The van der Waals surface area contributed by atoms with Crippen molar-refractivity contribution in [2.75, 3.05) is 18.6 Å². The molecular weight excluding hydrogens is 240 g/mol. The molecule has 0 spiro atoms. The number of ether oxygens (including phenoxy) is 1. The Morgan fingerprint density at radius 2 is 2.26 bits per heavy atom. The molecule has 0 radical (unpaired) electrons. The van der Waals surface area contributed by atoms with E-state index in [0.29, 0.717) is 6.54 Å². The molecule has 2 rings (SSSR count). The standard InChI is InChI=1S/C15H22N2O2/c1-4-10(2)14(16)15(18)17-8-7-11-9-12(19-3)5-6-13(11)17/h5-6,9-10,14H,4,7-8,16H2,1-3H3. The number of amides is 1. The minimum atomic E-state index is -0.418. The summed E-state index contributed by atoms with van der Waals surface area (Å²) in [5, 5.41) is 0. The Balaban J connectivity index is 2.20. The molecule has 0 fully saturated rings. The summed E-state index contributed by atoms with van der Waals surface area (Å²) >= 11 is 0. The Bertz CT molecular complexity index is 473. The van der Waals surface area contributed by atoms with Gasteiger partial charge in [0.15, 0.2) is 0 Å². The molecule has 1 aliphatic rings. The summed E-state index contributed by atoms with van der Waals surface area (Å²) in [6.07, 6.45) is 1.78. The van der Waals surface area contributed by atoms with Gasteiger partial charge in [-0.2, -0.15) is 0 Å². The molecule has 2 atom stereocenters. The van der Waals surface area contributed by atoms with Crippen LogP contribution >= 0.6 is 0 Å². The number of fused-ring (bicyclic) bond motifs is 1. The van der Waals surface area contributed by atoms with Gasteiger partial charge in [-0.25, -0.2) is 0 Å². The first-order valence-electron chi connectivity index (χ1n) is 6.82. The predicted molar refractivity (Wildman–Crippen MR) is 76.5 cm³/mol. The van der Waals surface area contributed by atoms with Crippen molar-refractivity contribution in [1.82, 2.24) is 0 Å². The summed E-state index contributed by atoms with van der Waals surface area (Å²) in [4.78, 5) is 14.2. The maximum Gasteiger partial charge on any atom is 0.244 e. The van der Waals surface area contributed by atoms with Crippen molar-refractivity contribution in [2.45, 2.75) is 32.7 Å². The zero-order valence-electron chi connectivity index (χ0n) is 11.8. The molecule has 0 saturated heterocycles. The van der Waals surface area contributed by atoms with Crippen LogP contribution in [0, 0.1) is 5.92 Å². The first kappa shape index (κ1) is 13.9. The summed E-state index contributed by atoms with van der Waals surface area (Å²) in [5.74, 6) is 1.06. The van der Waals surface area contributed by atoms with E-state index in [1.807, 2.05) is 30.0 Å². The van der Waals surface area contributed by atoms with Gasteiger partial charge in [-0.15, -0.1) is 0 Å². The van der Waals surface area contributed by atoms with E-state index in [2.05, 4.69) is 6.92 Å². The van der Waals surface area contributed by atoms with Crippen molar-refractivity contribution in [3.05, 3.63) is 23.8 Å². The van der Waals surface area contributed by atoms with E-state index in [4.69, 9.17) is 10.5 Å². The number of nitrogens with zero attached hydrogens (tertiary/aromatic N) is 1. The Labute approximate surface area is 114 Å². The van der Waals surface area contributed by atoms with E-state index in [1.54, 1.807) is 7.11 Å². The average molecular weight is 262 g/mol. The third kappa shape index (κ3) is 2.59. The molecule has 0 aliphatic carbocycles. The summed E-state index contributed by atoms with van der Waals surface area (Å²) in [5.41, 5.74) is 8.18. The zero-order valence-corrected chi connectivity index (χ0v) is 11.8. The van der Waals surface area contributed by atoms with E-state index in [1.165, 1.54) is 0 Å². The monoisotopic (exact) mass is 262 g/mol. The predicted octanol–water partition coefficient (Wildman–Crippen LogP) is 1.96. The van der Waals surface area contributed by atoms with E-state index >= 15 is 0 Å². The molecular formula is C15H22N2O2. The van der Waals surface area contributed by atoms with Crippen LogP contribution in [0.2, 0.25) is 0 Å². The van der Waals surface area contributed by atoms with Crippen LogP contribution in [-0.2, 0) is 11.2 Å². The van der Waals surface area contributed by atoms with E-state index in [9.17, 15) is 4.79 Å². The van der Waals surface area contributed by atoms with Gasteiger partial charge in [-0.1, -0.05) is 20.3 Å². The number of nitrogens with two attached hydrogens (primary N) is 1. The van der Waals surface area contributed by atoms with E-state index in [0.717, 1.165) is 29.8 Å². The molecule has 4 nitrogen and oxygen atoms in total. The van der Waals surface area contributed by atoms with Gasteiger partial charge in [0, 0.05) is 12.2 Å². The molecule has 0 aromatic heterocycles. The minimum absolute atomic E-state index is 0.0262. The van der Waals surface area contributed by atoms with Gasteiger partial charge < -0.3 is 15.4 Å². The number of hydrogen-bond donors (Lipinski definition) is 1. The van der Waals surface area contributed by atoms with Crippen LogP contribution in [0.1, 0.15) is 25.8 Å². The van der Waals surface area contributed by atoms with Crippen LogP contribution in [0.4, 0.5) is 5.69 Å². The molecule has 1 aromatic rings. The van der Waals surface area contributed by atoms with Crippen LogP contribution in [0.15, 0.2) is 18.2 Å². The molecule has 0 bridgehead atoms. The van der Waals surface area contributed by atoms with E-state index in [-0.39, 0.29) is 11.8 Å². The highest BCUT2D eigenvalue weighted by molar-refractivity contribution is 5.99. The quantitative estimate of drug-likeness (QED) is 0.902. The SMILES string of the molecule is CCC(C)C(N)C(=O)N1CCc2cc(OC)ccc21. The summed E-state index contributed by atoms with van der Waals surface area (Å²) in [6.45, 7) is 4.79. The molecule has 2 N–H and O–H groups in total. The van der Waals surface area contributed by atoms with Crippen molar-refractivity contribution in [3.63, 3.8) is 0 Å². The highest BCUT2D eigenvalue weighted by Crippen LogP contribution is 2.32. The lowest BCUT2D eigenvalue weighted by Crippen LogP contribution is -2.46. The second kappa shape index (κ2) is 5.61. The normalized spacial score (nSPS) is 16.9. The molecule has 104 valence electrons. The fraction of sp³-hybridized carbons (Fsp3) is 0.533. The highest BCUT2D eigenvalue weighted by Gasteiger charge is 2.30. The van der Waals surface area contributed by atoms with Crippen LogP contribution in [-0.4, -0.2) is 25.6 Å². The number of carbonyl (C=O) groups is 1. The number of hydrogen-bond acceptors (Lipinski definition) is 3. The van der Waals surface area contributed by atoms with Gasteiger partial charge in [-0.05, 0) is 36.1 Å². The number of rotatable bonds is 4. The maximum absolute atomic E-state index is 12.4. The van der Waals surface area contributed by atoms with Gasteiger partial charge in [-0.3, -0.25) is 4.79 Å². The second-order valence-corrected chi connectivity index (χ2v) is 5.15. The minimum Gasteiger partial charge on any atom is -0.497 e. The molecule has 19 heavy (non-hydrogen) atoms. The van der Waals surface area contributed by atoms with Gasteiger partial charge in [0.05, 0.1) is 13.2 Å². The van der Waals surface area contributed by atoms with Crippen LogP contribution in [0.5, 0.6) is 5.75 Å². The van der Waals surface area contributed by atoms with Crippen LogP contribution in [0.25, 0.3) is 0 Å². The van der Waals surface area contributed by atoms with Crippen LogP contribution in [0.3, 0.4) is 0 Å². The smallest absolute Gasteiger partial charge is 0.244 e. The Kier molecular flexibility index (Phi) is 4.10. The van der Waals surface area contributed by atoms with Crippen molar-refractivity contribution in [3.8, 4) is 5.75 Å². The fourth-order valence-electron chi connectivity index (χ4n) is 2.41. The second-order valence-electron chi connectivity index (χ2n) is 5.15. The summed E-state index contributed by atoms with van der Waals surface area (Å²) in [7, 11) is 1.65. The van der Waals surface area contributed by atoms with Gasteiger partial charge >= 0.3 is 0 Å². The number of carbonyl (C=O) groups excluding carboxylic acids is 1. The van der Waals surface area contributed by atoms with Gasteiger partial charge in [0.1, 0.15) is 5.75 Å². The lowest BCUT2D eigenvalue weighted by atomic mass is 9.99. The maximum atomic E-state index is 12.4. The summed E-state index contributed by atoms with van der Waals surface area (Å²) in [6, 6.07) is 5.41. The largest absolute Gasteiger partial charge is 0.497 e. The molecule has 1 amide bonds. The molecule has 2 unspecified atom stereocenters. The lowest BCUT2D eigenvalue weighted by molar-refractivity contribution is -0.120. The zero-order chi connectivity index (χ0) is 14.0. The first-order valence-corrected chi connectivity index (χ1v) is 6.82. The lowest BCUT2D eigenvalue weighted by Gasteiger charge is -2.24. The van der Waals surface area contributed by atoms with Crippen LogP contribution < -0.4 is 15.4 Å². The number of methoxy groups -OCH3 is 1. The van der Waals surface area contributed by atoms with Crippen molar-refractivity contribution < 1.29 is 9.53 Å². The third-order valence-corrected chi connectivity index (χ3v) is 3.99. The van der Waals surface area contributed by atoms with Gasteiger partial charge in [0.25, 0.3) is 0 Å². The Morgan fingerprint density at radius 1 is 1.53 bits per heavy atom. The Hall–Kier alpha value is -1.55.